The van der Waals surface area contributed by atoms with E-state index in [1.807, 2.05) is 0 Å². The van der Waals surface area contributed by atoms with Crippen LogP contribution in [0.3, 0.4) is 0 Å². The Kier molecular flexibility index (Phi) is 3.87. The summed E-state index contributed by atoms with van der Waals surface area (Å²) in [5, 5.41) is 3.42. The molecule has 1 rings (SSSR count). The molecule has 11 heavy (non-hydrogen) atoms. The van der Waals surface area contributed by atoms with Crippen molar-refractivity contribution in [1.29, 1.82) is 0 Å². The third-order valence-electron chi connectivity index (χ3n) is 2.43. The van der Waals surface area contributed by atoms with Crippen molar-refractivity contribution in [2.75, 3.05) is 13.1 Å². The van der Waals surface area contributed by atoms with Crippen LogP contribution in [0.15, 0.2) is 0 Å². The summed E-state index contributed by atoms with van der Waals surface area (Å²) in [5.41, 5.74) is 5.69. The highest BCUT2D eigenvalue weighted by Gasteiger charge is 2.12. The molecule has 0 aromatic rings. The first kappa shape index (κ1) is 9.01. The molecule has 1 aliphatic heterocycles. The second-order valence-electron chi connectivity index (χ2n) is 3.77. The molecule has 1 fully saturated rings. The zero-order valence-corrected chi connectivity index (χ0v) is 7.47. The van der Waals surface area contributed by atoms with Crippen LogP contribution in [0.5, 0.6) is 0 Å². The molecule has 0 aromatic carbocycles. The third kappa shape index (κ3) is 3.73. The van der Waals surface area contributed by atoms with Crippen LogP contribution in [0.4, 0.5) is 0 Å². The minimum Gasteiger partial charge on any atom is -0.328 e. The van der Waals surface area contributed by atoms with Gasteiger partial charge in [-0.3, -0.25) is 0 Å². The van der Waals surface area contributed by atoms with Gasteiger partial charge in [-0.05, 0) is 51.6 Å². The number of hydrogen-bond acceptors (Lipinski definition) is 2. The lowest BCUT2D eigenvalue weighted by Crippen LogP contribution is -2.30. The first-order valence-corrected chi connectivity index (χ1v) is 4.75. The standard InChI is InChI=1S/C9H20N2/c1-8(10)4-5-9-3-2-6-11-7-9/h8-9,11H,2-7,10H2,1H3. The predicted octanol–water partition coefficient (Wildman–Crippen LogP) is 1.11. The Balaban J connectivity index is 2.05. The lowest BCUT2D eigenvalue weighted by molar-refractivity contribution is 0.343. The van der Waals surface area contributed by atoms with Crippen molar-refractivity contribution in [1.82, 2.24) is 5.32 Å². The molecule has 1 saturated heterocycles. The SMILES string of the molecule is CC(N)CCC1CCCNC1. The van der Waals surface area contributed by atoms with Crippen molar-refractivity contribution >= 4 is 0 Å². The summed E-state index contributed by atoms with van der Waals surface area (Å²) in [6.45, 7) is 4.53. The molecule has 1 aliphatic rings. The number of piperidine rings is 1. The molecule has 0 aliphatic carbocycles. The van der Waals surface area contributed by atoms with Crippen LogP contribution in [0.25, 0.3) is 0 Å². The van der Waals surface area contributed by atoms with Crippen molar-refractivity contribution in [3.8, 4) is 0 Å². The topological polar surface area (TPSA) is 38.0 Å². The van der Waals surface area contributed by atoms with Crippen molar-refractivity contribution in [3.63, 3.8) is 0 Å². The molecule has 3 N–H and O–H groups in total. The van der Waals surface area contributed by atoms with Crippen molar-refractivity contribution in [2.24, 2.45) is 11.7 Å². The van der Waals surface area contributed by atoms with E-state index in [9.17, 15) is 0 Å². The molecule has 0 saturated carbocycles. The molecule has 2 heteroatoms. The van der Waals surface area contributed by atoms with E-state index in [1.165, 1.54) is 38.8 Å². The molecule has 66 valence electrons. The van der Waals surface area contributed by atoms with E-state index in [1.54, 1.807) is 0 Å². The van der Waals surface area contributed by atoms with Crippen LogP contribution in [0.1, 0.15) is 32.6 Å². The van der Waals surface area contributed by atoms with Gasteiger partial charge in [0.15, 0.2) is 0 Å². The highest BCUT2D eigenvalue weighted by molar-refractivity contribution is 4.70. The third-order valence-corrected chi connectivity index (χ3v) is 2.43. The maximum Gasteiger partial charge on any atom is 0.00105 e. The summed E-state index contributed by atoms with van der Waals surface area (Å²) in [4.78, 5) is 0. The number of hydrogen-bond donors (Lipinski definition) is 2. The first-order valence-electron chi connectivity index (χ1n) is 4.75. The molecule has 2 nitrogen and oxygen atoms in total. The molecule has 0 aromatic heterocycles. The van der Waals surface area contributed by atoms with Gasteiger partial charge in [-0.1, -0.05) is 0 Å². The van der Waals surface area contributed by atoms with E-state index in [4.69, 9.17) is 5.73 Å². The molecule has 1 heterocycles. The maximum atomic E-state index is 5.69. The fraction of sp³-hybridized carbons (Fsp3) is 1.00. The van der Waals surface area contributed by atoms with Gasteiger partial charge in [0.25, 0.3) is 0 Å². The molecular weight excluding hydrogens is 136 g/mol. The predicted molar refractivity (Wildman–Crippen MR) is 48.5 cm³/mol. The summed E-state index contributed by atoms with van der Waals surface area (Å²) in [6.07, 6.45) is 5.25. The van der Waals surface area contributed by atoms with E-state index in [0.29, 0.717) is 6.04 Å². The number of nitrogens with one attached hydrogen (secondary N) is 1. The van der Waals surface area contributed by atoms with Gasteiger partial charge in [0.1, 0.15) is 0 Å². The smallest absolute Gasteiger partial charge is 0.00105 e. The normalized spacial score (nSPS) is 28.4. The van der Waals surface area contributed by atoms with Crippen molar-refractivity contribution in [3.05, 3.63) is 0 Å². The Labute approximate surface area is 69.5 Å². The van der Waals surface area contributed by atoms with Crippen LogP contribution in [-0.2, 0) is 0 Å². The summed E-state index contributed by atoms with van der Waals surface area (Å²) in [5.74, 6) is 0.898. The van der Waals surface area contributed by atoms with Gasteiger partial charge in [0.2, 0.25) is 0 Å². The fourth-order valence-corrected chi connectivity index (χ4v) is 1.67. The molecule has 0 bridgehead atoms. The summed E-state index contributed by atoms with van der Waals surface area (Å²) < 4.78 is 0. The largest absolute Gasteiger partial charge is 0.328 e. The molecule has 2 unspecified atom stereocenters. The van der Waals surface area contributed by atoms with Crippen LogP contribution in [0, 0.1) is 5.92 Å². The Morgan fingerprint density at radius 2 is 2.45 bits per heavy atom. The van der Waals surface area contributed by atoms with Gasteiger partial charge < -0.3 is 11.1 Å². The van der Waals surface area contributed by atoms with E-state index in [0.717, 1.165) is 5.92 Å². The molecule has 0 radical (unpaired) electrons. The van der Waals surface area contributed by atoms with Crippen LogP contribution < -0.4 is 11.1 Å². The summed E-state index contributed by atoms with van der Waals surface area (Å²) in [7, 11) is 0. The second kappa shape index (κ2) is 4.73. The van der Waals surface area contributed by atoms with Crippen molar-refractivity contribution in [2.45, 2.75) is 38.6 Å². The lowest BCUT2D eigenvalue weighted by atomic mass is 9.93. The van der Waals surface area contributed by atoms with Crippen LogP contribution in [0.2, 0.25) is 0 Å². The molecule has 2 atom stereocenters. The van der Waals surface area contributed by atoms with E-state index < -0.39 is 0 Å². The average Bonchev–Trinajstić information content (AvgIpc) is 2.03. The summed E-state index contributed by atoms with van der Waals surface area (Å²) >= 11 is 0. The average molecular weight is 156 g/mol. The van der Waals surface area contributed by atoms with Crippen molar-refractivity contribution < 1.29 is 0 Å². The Morgan fingerprint density at radius 3 is 3.00 bits per heavy atom. The quantitative estimate of drug-likeness (QED) is 0.642. The summed E-state index contributed by atoms with van der Waals surface area (Å²) in [6, 6.07) is 0.386. The number of rotatable bonds is 3. The monoisotopic (exact) mass is 156 g/mol. The van der Waals surface area contributed by atoms with Crippen LogP contribution in [-0.4, -0.2) is 19.1 Å². The van der Waals surface area contributed by atoms with Gasteiger partial charge in [0.05, 0.1) is 0 Å². The second-order valence-corrected chi connectivity index (χ2v) is 3.77. The minimum absolute atomic E-state index is 0.386. The molecule has 0 amide bonds. The zero-order chi connectivity index (χ0) is 8.10. The minimum atomic E-state index is 0.386. The van der Waals surface area contributed by atoms with Crippen LogP contribution >= 0.6 is 0 Å². The van der Waals surface area contributed by atoms with E-state index in [2.05, 4.69) is 12.2 Å². The van der Waals surface area contributed by atoms with E-state index >= 15 is 0 Å². The Hall–Kier alpha value is -0.0800. The lowest BCUT2D eigenvalue weighted by Gasteiger charge is -2.23. The Morgan fingerprint density at radius 1 is 1.64 bits per heavy atom. The van der Waals surface area contributed by atoms with Gasteiger partial charge in [0, 0.05) is 6.04 Å². The molecule has 0 spiro atoms. The zero-order valence-electron chi connectivity index (χ0n) is 7.47. The highest BCUT2D eigenvalue weighted by atomic mass is 14.9. The Bertz CT molecular complexity index is 95.7. The van der Waals surface area contributed by atoms with E-state index in [-0.39, 0.29) is 0 Å². The fourth-order valence-electron chi connectivity index (χ4n) is 1.67. The highest BCUT2D eigenvalue weighted by Crippen LogP contribution is 2.16. The maximum absolute atomic E-state index is 5.69. The van der Waals surface area contributed by atoms with Gasteiger partial charge in [-0.15, -0.1) is 0 Å². The number of nitrogens with two attached hydrogens (primary N) is 1. The molecular formula is C9H20N2. The van der Waals surface area contributed by atoms with Gasteiger partial charge in [-0.2, -0.15) is 0 Å². The van der Waals surface area contributed by atoms with Gasteiger partial charge >= 0.3 is 0 Å². The van der Waals surface area contributed by atoms with Gasteiger partial charge in [-0.25, -0.2) is 0 Å². The first-order chi connectivity index (χ1) is 5.29.